The predicted molar refractivity (Wildman–Crippen MR) is 70.7 cm³/mol. The Balaban J connectivity index is 2.34. The van der Waals surface area contributed by atoms with E-state index in [1.165, 1.54) is 19.3 Å². The van der Waals surface area contributed by atoms with Crippen molar-refractivity contribution in [1.82, 2.24) is 10.2 Å². The average Bonchev–Trinajstić information content (AvgIpc) is 2.36. The third kappa shape index (κ3) is 3.96. The smallest absolute Gasteiger partial charge is 0.237 e. The maximum atomic E-state index is 11.4. The topological polar surface area (TPSA) is 58.4 Å². The SMILES string of the molecule is CCC1CCN(CCC(C)(NC)C(N)=O)CC1. The van der Waals surface area contributed by atoms with Gasteiger partial charge in [-0.3, -0.25) is 4.79 Å². The Morgan fingerprint density at radius 1 is 1.47 bits per heavy atom. The number of nitrogens with zero attached hydrogens (tertiary/aromatic N) is 1. The Labute approximate surface area is 105 Å². The number of rotatable bonds is 6. The Kier molecular flexibility index (Phi) is 5.40. The van der Waals surface area contributed by atoms with Crippen LogP contribution in [0.4, 0.5) is 0 Å². The molecule has 3 N–H and O–H groups in total. The fourth-order valence-corrected chi connectivity index (χ4v) is 2.37. The second-order valence-electron chi connectivity index (χ2n) is 5.39. The molecule has 1 amide bonds. The van der Waals surface area contributed by atoms with Crippen LogP contribution in [0.5, 0.6) is 0 Å². The van der Waals surface area contributed by atoms with E-state index in [0.29, 0.717) is 0 Å². The van der Waals surface area contributed by atoms with Crippen molar-refractivity contribution in [3.05, 3.63) is 0 Å². The van der Waals surface area contributed by atoms with Crippen molar-refractivity contribution in [1.29, 1.82) is 0 Å². The number of likely N-dealkylation sites (N-methyl/N-ethyl adjacent to an activating group) is 1. The molecule has 1 atom stereocenters. The Bertz CT molecular complexity index is 249. The maximum Gasteiger partial charge on any atom is 0.237 e. The molecule has 0 bridgehead atoms. The molecule has 100 valence electrons. The fourth-order valence-electron chi connectivity index (χ4n) is 2.37. The molecule has 4 heteroatoms. The van der Waals surface area contributed by atoms with Crippen LogP contribution < -0.4 is 11.1 Å². The van der Waals surface area contributed by atoms with E-state index in [1.54, 1.807) is 7.05 Å². The first-order chi connectivity index (χ1) is 8.01. The summed E-state index contributed by atoms with van der Waals surface area (Å²) in [6.07, 6.45) is 4.67. The molecule has 0 spiro atoms. The molecule has 0 aromatic rings. The van der Waals surface area contributed by atoms with Crippen LogP contribution in [0.3, 0.4) is 0 Å². The van der Waals surface area contributed by atoms with Gasteiger partial charge in [-0.2, -0.15) is 0 Å². The molecule has 0 aromatic heterocycles. The number of hydrogen-bond donors (Lipinski definition) is 2. The molecule has 1 unspecified atom stereocenters. The third-order valence-electron chi connectivity index (χ3n) is 4.31. The van der Waals surface area contributed by atoms with Crippen LogP contribution in [0.1, 0.15) is 39.5 Å². The lowest BCUT2D eigenvalue weighted by Gasteiger charge is -2.34. The normalized spacial score (nSPS) is 22.3. The van der Waals surface area contributed by atoms with Crippen LogP contribution in [-0.2, 0) is 4.79 Å². The van der Waals surface area contributed by atoms with Gasteiger partial charge in [0, 0.05) is 6.54 Å². The van der Waals surface area contributed by atoms with Crippen LogP contribution in [0, 0.1) is 5.92 Å². The van der Waals surface area contributed by atoms with Crippen molar-refractivity contribution in [2.24, 2.45) is 11.7 Å². The summed E-state index contributed by atoms with van der Waals surface area (Å²) in [5, 5.41) is 3.04. The van der Waals surface area contributed by atoms with E-state index < -0.39 is 5.54 Å². The number of nitrogens with two attached hydrogens (primary N) is 1. The van der Waals surface area contributed by atoms with E-state index in [9.17, 15) is 4.79 Å². The van der Waals surface area contributed by atoms with Crippen molar-refractivity contribution in [3.8, 4) is 0 Å². The molecule has 1 rings (SSSR count). The minimum atomic E-state index is -0.568. The molecule has 1 fully saturated rings. The molecule has 1 aliphatic heterocycles. The molecule has 0 aliphatic carbocycles. The van der Waals surface area contributed by atoms with Crippen LogP contribution in [0.15, 0.2) is 0 Å². The minimum Gasteiger partial charge on any atom is -0.368 e. The van der Waals surface area contributed by atoms with Gasteiger partial charge in [0.25, 0.3) is 0 Å². The molecule has 1 saturated heterocycles. The van der Waals surface area contributed by atoms with Crippen molar-refractivity contribution in [3.63, 3.8) is 0 Å². The van der Waals surface area contributed by atoms with Gasteiger partial charge in [-0.05, 0) is 52.2 Å². The zero-order chi connectivity index (χ0) is 12.9. The molecule has 1 heterocycles. The van der Waals surface area contributed by atoms with E-state index >= 15 is 0 Å². The molecule has 4 nitrogen and oxygen atoms in total. The number of piperidine rings is 1. The highest BCUT2D eigenvalue weighted by Gasteiger charge is 2.29. The second-order valence-corrected chi connectivity index (χ2v) is 5.39. The summed E-state index contributed by atoms with van der Waals surface area (Å²) in [5.74, 6) is 0.640. The van der Waals surface area contributed by atoms with Gasteiger partial charge in [0.2, 0.25) is 5.91 Å². The van der Waals surface area contributed by atoms with E-state index in [-0.39, 0.29) is 5.91 Å². The first-order valence-corrected chi connectivity index (χ1v) is 6.73. The highest BCUT2D eigenvalue weighted by Crippen LogP contribution is 2.21. The minimum absolute atomic E-state index is 0.261. The number of primary amides is 1. The molecule has 1 aliphatic rings. The number of carbonyl (C=O) groups is 1. The molecule has 0 saturated carbocycles. The quantitative estimate of drug-likeness (QED) is 0.728. The number of carbonyl (C=O) groups excluding carboxylic acids is 1. The summed E-state index contributed by atoms with van der Waals surface area (Å²) in [6.45, 7) is 7.43. The highest BCUT2D eigenvalue weighted by atomic mass is 16.1. The van der Waals surface area contributed by atoms with Gasteiger partial charge in [0.05, 0.1) is 5.54 Å². The lowest BCUT2D eigenvalue weighted by Crippen LogP contribution is -2.53. The number of amides is 1. The first-order valence-electron chi connectivity index (χ1n) is 6.73. The van der Waals surface area contributed by atoms with Crippen LogP contribution in [0.2, 0.25) is 0 Å². The number of likely N-dealkylation sites (tertiary alicyclic amines) is 1. The summed E-state index contributed by atoms with van der Waals surface area (Å²) in [5.41, 5.74) is 4.85. The van der Waals surface area contributed by atoms with Gasteiger partial charge in [0.15, 0.2) is 0 Å². The van der Waals surface area contributed by atoms with Crippen molar-refractivity contribution < 1.29 is 4.79 Å². The highest BCUT2D eigenvalue weighted by molar-refractivity contribution is 5.84. The molecular weight excluding hydrogens is 214 g/mol. The molecular formula is C13H27N3O. The lowest BCUT2D eigenvalue weighted by atomic mass is 9.92. The average molecular weight is 241 g/mol. The van der Waals surface area contributed by atoms with E-state index in [0.717, 1.165) is 32.0 Å². The third-order valence-corrected chi connectivity index (χ3v) is 4.31. The van der Waals surface area contributed by atoms with Crippen molar-refractivity contribution in [2.45, 2.75) is 45.1 Å². The van der Waals surface area contributed by atoms with Gasteiger partial charge in [-0.15, -0.1) is 0 Å². The fraction of sp³-hybridized carbons (Fsp3) is 0.923. The molecule has 0 radical (unpaired) electrons. The van der Waals surface area contributed by atoms with Gasteiger partial charge in [0.1, 0.15) is 0 Å². The maximum absolute atomic E-state index is 11.4. The Morgan fingerprint density at radius 3 is 2.47 bits per heavy atom. The summed E-state index contributed by atoms with van der Waals surface area (Å²) >= 11 is 0. The van der Waals surface area contributed by atoms with Gasteiger partial charge in [-0.1, -0.05) is 13.3 Å². The standard InChI is InChI=1S/C13H27N3O/c1-4-11-5-8-16(9-6-11)10-7-13(2,15-3)12(14)17/h11,15H,4-10H2,1-3H3,(H2,14,17). The summed E-state index contributed by atoms with van der Waals surface area (Å²) < 4.78 is 0. The molecule has 0 aromatic carbocycles. The van der Waals surface area contributed by atoms with E-state index in [2.05, 4.69) is 17.1 Å². The zero-order valence-corrected chi connectivity index (χ0v) is 11.5. The van der Waals surface area contributed by atoms with Crippen molar-refractivity contribution >= 4 is 5.91 Å². The van der Waals surface area contributed by atoms with Crippen LogP contribution >= 0.6 is 0 Å². The van der Waals surface area contributed by atoms with E-state index in [1.807, 2.05) is 6.92 Å². The van der Waals surface area contributed by atoms with Crippen LogP contribution in [-0.4, -0.2) is 43.0 Å². The summed E-state index contributed by atoms with van der Waals surface area (Å²) in [6, 6.07) is 0. The zero-order valence-electron chi connectivity index (χ0n) is 11.5. The number of nitrogens with one attached hydrogen (secondary N) is 1. The first kappa shape index (κ1) is 14.5. The summed E-state index contributed by atoms with van der Waals surface area (Å²) in [7, 11) is 1.80. The lowest BCUT2D eigenvalue weighted by molar-refractivity contribution is -0.124. The van der Waals surface area contributed by atoms with Gasteiger partial charge in [-0.25, -0.2) is 0 Å². The van der Waals surface area contributed by atoms with Gasteiger partial charge >= 0.3 is 0 Å². The monoisotopic (exact) mass is 241 g/mol. The summed E-state index contributed by atoms with van der Waals surface area (Å²) in [4.78, 5) is 13.8. The van der Waals surface area contributed by atoms with Crippen LogP contribution in [0.25, 0.3) is 0 Å². The van der Waals surface area contributed by atoms with Crippen molar-refractivity contribution in [2.75, 3.05) is 26.7 Å². The van der Waals surface area contributed by atoms with Gasteiger partial charge < -0.3 is 16.0 Å². The predicted octanol–water partition coefficient (Wildman–Crippen LogP) is 0.962. The number of hydrogen-bond acceptors (Lipinski definition) is 3. The largest absolute Gasteiger partial charge is 0.368 e. The Hall–Kier alpha value is -0.610. The second kappa shape index (κ2) is 6.36. The Morgan fingerprint density at radius 2 is 2.06 bits per heavy atom. The molecule has 17 heavy (non-hydrogen) atoms. The van der Waals surface area contributed by atoms with E-state index in [4.69, 9.17) is 5.73 Å².